The molecule has 0 N–H and O–H groups in total. The Morgan fingerprint density at radius 3 is 1.56 bits per heavy atom. The van der Waals surface area contributed by atoms with Crippen LogP contribution in [0.4, 0.5) is 5.69 Å². The fourth-order valence-corrected chi connectivity index (χ4v) is 6.87. The number of hydrogen-bond donors (Lipinski definition) is 0. The van der Waals surface area contributed by atoms with E-state index in [1.165, 1.54) is 50.5 Å². The van der Waals surface area contributed by atoms with E-state index in [9.17, 15) is 0 Å². The highest BCUT2D eigenvalue weighted by atomic mass is 16.5. The molecule has 6 rings (SSSR count). The van der Waals surface area contributed by atoms with E-state index in [0.29, 0.717) is 0 Å². The summed E-state index contributed by atoms with van der Waals surface area (Å²) < 4.78 is 11.4. The van der Waals surface area contributed by atoms with Crippen molar-refractivity contribution in [2.24, 2.45) is 10.2 Å². The topological polar surface area (TPSA) is 52.9 Å². The quantitative estimate of drug-likeness (QED) is 0.220. The van der Waals surface area contributed by atoms with E-state index in [1.54, 1.807) is 0 Å². The predicted octanol–water partition coefficient (Wildman–Crippen LogP) is 6.82. The molecule has 7 nitrogen and oxygen atoms in total. The number of morpholine rings is 2. The second kappa shape index (κ2) is 15.4. The molecule has 0 atom stereocenters. The summed E-state index contributed by atoms with van der Waals surface area (Å²) in [5.74, 6) is 0. The van der Waals surface area contributed by atoms with Crippen molar-refractivity contribution in [3.05, 3.63) is 99.4 Å². The summed E-state index contributed by atoms with van der Waals surface area (Å²) in [5, 5.41) is 9.28. The number of benzene rings is 2. The van der Waals surface area contributed by atoms with E-state index >= 15 is 0 Å². The van der Waals surface area contributed by atoms with E-state index in [-0.39, 0.29) is 0 Å². The smallest absolute Gasteiger partial charge is 0.0642 e. The molecular weight excluding hydrogens is 558 g/mol. The largest absolute Gasteiger partial charge is 0.378 e. The number of allylic oxidation sites excluding steroid dienone is 4. The number of rotatable bonds is 10. The van der Waals surface area contributed by atoms with Crippen LogP contribution in [0.3, 0.4) is 0 Å². The summed E-state index contributed by atoms with van der Waals surface area (Å²) in [7, 11) is 0. The highest BCUT2D eigenvalue weighted by Crippen LogP contribution is 2.36. The van der Waals surface area contributed by atoms with Crippen molar-refractivity contribution in [3.63, 3.8) is 0 Å². The van der Waals surface area contributed by atoms with Crippen LogP contribution in [0.5, 0.6) is 0 Å². The fraction of sp³-hybridized carbons (Fsp3) is 0.421. The third kappa shape index (κ3) is 7.66. The zero-order valence-electron chi connectivity index (χ0n) is 27.0. The molecule has 0 amide bonds. The summed E-state index contributed by atoms with van der Waals surface area (Å²) in [6, 6.07) is 19.6. The normalized spacial score (nSPS) is 21.5. The minimum atomic E-state index is 0.759. The van der Waals surface area contributed by atoms with Crippen molar-refractivity contribution >= 4 is 30.3 Å². The molecule has 2 aromatic carbocycles. The monoisotopic (exact) mass is 605 g/mol. The van der Waals surface area contributed by atoms with Gasteiger partial charge in [0.15, 0.2) is 0 Å². The number of anilines is 1. The molecule has 0 aromatic heterocycles. The zero-order valence-corrected chi connectivity index (χ0v) is 27.0. The summed E-state index contributed by atoms with van der Waals surface area (Å²) >= 11 is 0. The summed E-state index contributed by atoms with van der Waals surface area (Å²) in [6.07, 6.45) is 12.7. The summed E-state index contributed by atoms with van der Waals surface area (Å²) in [5.41, 5.74) is 11.7. The number of ether oxygens (including phenoxy) is 2. The van der Waals surface area contributed by atoms with Crippen molar-refractivity contribution < 1.29 is 9.47 Å². The van der Waals surface area contributed by atoms with Gasteiger partial charge in [-0.1, -0.05) is 42.5 Å². The minimum absolute atomic E-state index is 0.759. The van der Waals surface area contributed by atoms with E-state index in [1.807, 2.05) is 12.4 Å². The van der Waals surface area contributed by atoms with Gasteiger partial charge in [-0.05, 0) is 97.2 Å². The molecule has 0 radical (unpaired) electrons. The molecule has 0 unspecified atom stereocenters. The van der Waals surface area contributed by atoms with Gasteiger partial charge in [-0.3, -0.25) is 0 Å². The zero-order chi connectivity index (χ0) is 30.8. The first-order valence-corrected chi connectivity index (χ1v) is 16.7. The van der Waals surface area contributed by atoms with Gasteiger partial charge in [0.05, 0.1) is 38.9 Å². The SMILES string of the molecule is CCN(CC)c1ccc(/C=C2\CCC(/C=N/N=C/C3=C(N4CCOCC4)C(=C/c4ccccc4)/CC3)=C2N2CCOCC2)cc1. The van der Waals surface area contributed by atoms with Crippen LogP contribution in [0.1, 0.15) is 50.7 Å². The first-order valence-electron chi connectivity index (χ1n) is 16.7. The molecular formula is C38H47N5O2. The average molecular weight is 606 g/mol. The van der Waals surface area contributed by atoms with Gasteiger partial charge in [0, 0.05) is 56.4 Å². The Labute approximate surface area is 268 Å². The Kier molecular flexibility index (Phi) is 10.6. The van der Waals surface area contributed by atoms with Gasteiger partial charge in [-0.15, -0.1) is 0 Å². The van der Waals surface area contributed by atoms with Crippen LogP contribution < -0.4 is 4.90 Å². The van der Waals surface area contributed by atoms with Crippen LogP contribution in [-0.4, -0.2) is 87.9 Å². The Morgan fingerprint density at radius 1 is 0.622 bits per heavy atom. The van der Waals surface area contributed by atoms with Gasteiger partial charge in [-0.25, -0.2) is 0 Å². The van der Waals surface area contributed by atoms with Crippen molar-refractivity contribution in [1.82, 2.24) is 9.80 Å². The second-order valence-electron chi connectivity index (χ2n) is 11.9. The van der Waals surface area contributed by atoms with Gasteiger partial charge in [0.2, 0.25) is 0 Å². The van der Waals surface area contributed by atoms with Crippen LogP contribution in [-0.2, 0) is 9.47 Å². The first-order chi connectivity index (χ1) is 22.2. The molecule has 7 heteroatoms. The maximum atomic E-state index is 5.70. The summed E-state index contributed by atoms with van der Waals surface area (Å²) in [4.78, 5) is 7.33. The van der Waals surface area contributed by atoms with E-state index in [2.05, 4.69) is 105 Å². The Morgan fingerprint density at radius 2 is 1.09 bits per heavy atom. The Hall–Kier alpha value is -3.94. The van der Waals surface area contributed by atoms with Gasteiger partial charge in [0.1, 0.15) is 0 Å². The Bertz CT molecular complexity index is 1470. The van der Waals surface area contributed by atoms with E-state index in [0.717, 1.165) is 91.4 Å². The molecule has 2 fully saturated rings. The second-order valence-corrected chi connectivity index (χ2v) is 11.9. The number of hydrogen-bond acceptors (Lipinski definition) is 7. The lowest BCUT2D eigenvalue weighted by Gasteiger charge is -2.31. The molecule has 236 valence electrons. The molecule has 2 saturated heterocycles. The van der Waals surface area contributed by atoms with Crippen LogP contribution in [0.2, 0.25) is 0 Å². The summed E-state index contributed by atoms with van der Waals surface area (Å²) in [6.45, 7) is 13.1. The highest BCUT2D eigenvalue weighted by Gasteiger charge is 2.27. The van der Waals surface area contributed by atoms with Gasteiger partial charge < -0.3 is 24.2 Å². The lowest BCUT2D eigenvalue weighted by Crippen LogP contribution is -2.36. The van der Waals surface area contributed by atoms with E-state index in [4.69, 9.17) is 9.47 Å². The molecule has 45 heavy (non-hydrogen) atoms. The van der Waals surface area contributed by atoms with Gasteiger partial charge in [-0.2, -0.15) is 10.2 Å². The van der Waals surface area contributed by atoms with Gasteiger partial charge >= 0.3 is 0 Å². The van der Waals surface area contributed by atoms with Crippen molar-refractivity contribution in [2.75, 3.05) is 70.6 Å². The Balaban J connectivity index is 1.25. The van der Waals surface area contributed by atoms with Crippen molar-refractivity contribution in [3.8, 4) is 0 Å². The predicted molar refractivity (Wildman–Crippen MR) is 187 cm³/mol. The maximum Gasteiger partial charge on any atom is 0.0642 e. The van der Waals surface area contributed by atoms with Crippen LogP contribution in [0.15, 0.2) is 98.5 Å². The molecule has 2 aliphatic heterocycles. The van der Waals surface area contributed by atoms with Crippen molar-refractivity contribution in [2.45, 2.75) is 39.5 Å². The molecule has 0 spiro atoms. The third-order valence-electron chi connectivity index (χ3n) is 9.20. The molecule has 2 heterocycles. The third-order valence-corrected chi connectivity index (χ3v) is 9.20. The highest BCUT2D eigenvalue weighted by molar-refractivity contribution is 5.86. The first kappa shape index (κ1) is 31.1. The van der Waals surface area contributed by atoms with Crippen LogP contribution in [0, 0.1) is 0 Å². The standard InChI is InChI=1S/C38H47N5O2/c1-3-41(4-2)36-16-10-31(11-17-36)27-33-13-15-35(38(33)43-20-24-45-25-21-43)29-40-39-28-34-14-12-32(26-30-8-6-5-7-9-30)37(34)42-18-22-44-23-19-42/h5-11,16-17,26-29H,3-4,12-15,18-25H2,1-2H3/b32-26+,33-27+,39-28+,40-29+. The number of nitrogens with zero attached hydrogens (tertiary/aromatic N) is 5. The maximum absolute atomic E-state index is 5.70. The van der Waals surface area contributed by atoms with Crippen molar-refractivity contribution in [1.29, 1.82) is 0 Å². The molecule has 0 saturated carbocycles. The molecule has 2 aromatic rings. The average Bonchev–Trinajstić information content (AvgIpc) is 3.69. The lowest BCUT2D eigenvalue weighted by molar-refractivity contribution is 0.0548. The molecule has 2 aliphatic carbocycles. The minimum Gasteiger partial charge on any atom is -0.378 e. The fourth-order valence-electron chi connectivity index (χ4n) is 6.87. The van der Waals surface area contributed by atoms with Crippen LogP contribution >= 0.6 is 0 Å². The molecule has 4 aliphatic rings. The van der Waals surface area contributed by atoms with Gasteiger partial charge in [0.25, 0.3) is 0 Å². The van der Waals surface area contributed by atoms with Crippen LogP contribution in [0.25, 0.3) is 12.2 Å². The molecule has 0 bridgehead atoms. The van der Waals surface area contributed by atoms with E-state index < -0.39 is 0 Å². The lowest BCUT2D eigenvalue weighted by atomic mass is 10.1.